The van der Waals surface area contributed by atoms with Gasteiger partial charge in [-0.2, -0.15) is 0 Å². The maximum atomic E-state index is 12.1. The van der Waals surface area contributed by atoms with Crippen molar-refractivity contribution in [3.8, 4) is 11.5 Å². The van der Waals surface area contributed by atoms with Gasteiger partial charge in [0, 0.05) is 5.69 Å². The molecular formula is C20H24N2O4. The van der Waals surface area contributed by atoms with Crippen molar-refractivity contribution in [3.05, 3.63) is 48.0 Å². The third-order valence-corrected chi connectivity index (χ3v) is 3.46. The number of rotatable bonds is 7. The van der Waals surface area contributed by atoms with E-state index in [4.69, 9.17) is 9.47 Å². The molecule has 2 aromatic rings. The van der Waals surface area contributed by atoms with Crippen LogP contribution in [0.4, 0.5) is 11.4 Å². The van der Waals surface area contributed by atoms with E-state index < -0.39 is 11.8 Å². The fraction of sp³-hybridized carbons (Fsp3) is 0.300. The van der Waals surface area contributed by atoms with Gasteiger partial charge in [-0.05, 0) is 62.7 Å². The molecule has 0 aliphatic rings. The Labute approximate surface area is 153 Å². The third-order valence-electron chi connectivity index (χ3n) is 3.46. The Hall–Kier alpha value is -3.02. The van der Waals surface area contributed by atoms with Gasteiger partial charge in [0.05, 0.1) is 18.9 Å². The molecule has 0 atom stereocenters. The Morgan fingerprint density at radius 3 is 2.27 bits per heavy atom. The van der Waals surface area contributed by atoms with Gasteiger partial charge in [-0.1, -0.05) is 6.07 Å². The summed E-state index contributed by atoms with van der Waals surface area (Å²) < 4.78 is 10.8. The van der Waals surface area contributed by atoms with Crippen LogP contribution < -0.4 is 20.1 Å². The van der Waals surface area contributed by atoms with Crippen LogP contribution in [0.2, 0.25) is 0 Å². The highest BCUT2D eigenvalue weighted by molar-refractivity contribution is 6.08. The standard InChI is InChI=1S/C20H24N2O4/c1-13(2)26-16-8-6-15(7-9-16)21-19(23)12-20(24)22-17-11-14(3)5-10-18(17)25-4/h5-11,13H,12H2,1-4H3,(H,21,23)(H,22,24). The summed E-state index contributed by atoms with van der Waals surface area (Å²) in [4.78, 5) is 24.2. The average molecular weight is 356 g/mol. The Morgan fingerprint density at radius 1 is 1.00 bits per heavy atom. The van der Waals surface area contributed by atoms with Gasteiger partial charge in [-0.15, -0.1) is 0 Å². The number of carbonyl (C=O) groups excluding carboxylic acids is 2. The Morgan fingerprint density at radius 2 is 1.65 bits per heavy atom. The van der Waals surface area contributed by atoms with E-state index >= 15 is 0 Å². The summed E-state index contributed by atoms with van der Waals surface area (Å²) in [6.45, 7) is 5.80. The van der Waals surface area contributed by atoms with Crippen LogP contribution in [0.3, 0.4) is 0 Å². The molecule has 0 heterocycles. The fourth-order valence-corrected chi connectivity index (χ4v) is 2.35. The van der Waals surface area contributed by atoms with E-state index in [2.05, 4.69) is 10.6 Å². The smallest absolute Gasteiger partial charge is 0.233 e. The predicted octanol–water partition coefficient (Wildman–Crippen LogP) is 3.76. The van der Waals surface area contributed by atoms with Crippen molar-refractivity contribution in [2.75, 3.05) is 17.7 Å². The van der Waals surface area contributed by atoms with Crippen LogP contribution >= 0.6 is 0 Å². The quantitative estimate of drug-likeness (QED) is 0.741. The molecule has 0 bridgehead atoms. The largest absolute Gasteiger partial charge is 0.495 e. The molecule has 0 saturated heterocycles. The zero-order valence-electron chi connectivity index (χ0n) is 15.5. The number of hydrogen-bond acceptors (Lipinski definition) is 4. The number of amides is 2. The number of hydrogen-bond donors (Lipinski definition) is 2. The molecule has 2 amide bonds. The summed E-state index contributed by atoms with van der Waals surface area (Å²) in [5.74, 6) is 0.463. The molecule has 2 N–H and O–H groups in total. The monoisotopic (exact) mass is 356 g/mol. The molecule has 0 aromatic heterocycles. The molecule has 0 saturated carbocycles. The molecule has 0 unspecified atom stereocenters. The van der Waals surface area contributed by atoms with Gasteiger partial charge in [0.15, 0.2) is 0 Å². The summed E-state index contributed by atoms with van der Waals surface area (Å²) in [6, 6.07) is 12.5. The van der Waals surface area contributed by atoms with Crippen LogP contribution in [-0.2, 0) is 9.59 Å². The number of benzene rings is 2. The van der Waals surface area contributed by atoms with Crippen LogP contribution in [0.15, 0.2) is 42.5 Å². The molecule has 2 rings (SSSR count). The topological polar surface area (TPSA) is 76.7 Å². The zero-order valence-corrected chi connectivity index (χ0v) is 15.5. The van der Waals surface area contributed by atoms with E-state index in [9.17, 15) is 9.59 Å². The third kappa shape index (κ3) is 5.81. The number of aryl methyl sites for hydroxylation is 1. The Kier molecular flexibility index (Phi) is 6.60. The lowest BCUT2D eigenvalue weighted by molar-refractivity contribution is -0.123. The summed E-state index contributed by atoms with van der Waals surface area (Å²) in [5.41, 5.74) is 2.13. The molecule has 0 aliphatic carbocycles. The normalized spacial score (nSPS) is 10.3. The number of methoxy groups -OCH3 is 1. The van der Waals surface area contributed by atoms with Gasteiger partial charge in [0.1, 0.15) is 17.9 Å². The van der Waals surface area contributed by atoms with Crippen molar-refractivity contribution in [2.45, 2.75) is 33.3 Å². The first kappa shape index (κ1) is 19.3. The molecule has 6 nitrogen and oxygen atoms in total. The van der Waals surface area contributed by atoms with Crippen molar-refractivity contribution in [1.29, 1.82) is 0 Å². The lowest BCUT2D eigenvalue weighted by Gasteiger charge is -2.12. The fourth-order valence-electron chi connectivity index (χ4n) is 2.35. The van der Waals surface area contributed by atoms with Gasteiger partial charge in [-0.3, -0.25) is 9.59 Å². The van der Waals surface area contributed by atoms with Crippen molar-refractivity contribution in [1.82, 2.24) is 0 Å². The van der Waals surface area contributed by atoms with Crippen LogP contribution in [-0.4, -0.2) is 25.0 Å². The van der Waals surface area contributed by atoms with Gasteiger partial charge in [0.2, 0.25) is 11.8 Å². The van der Waals surface area contributed by atoms with E-state index in [0.717, 1.165) is 11.3 Å². The first-order chi connectivity index (χ1) is 12.4. The average Bonchev–Trinajstić information content (AvgIpc) is 2.56. The summed E-state index contributed by atoms with van der Waals surface area (Å²) >= 11 is 0. The molecule has 26 heavy (non-hydrogen) atoms. The lowest BCUT2D eigenvalue weighted by atomic mass is 10.2. The summed E-state index contributed by atoms with van der Waals surface area (Å²) in [5, 5.41) is 5.40. The zero-order chi connectivity index (χ0) is 19.1. The number of anilines is 2. The van der Waals surface area contributed by atoms with Crippen LogP contribution in [0.5, 0.6) is 11.5 Å². The van der Waals surface area contributed by atoms with E-state index in [1.807, 2.05) is 26.8 Å². The molecular weight excluding hydrogens is 332 g/mol. The van der Waals surface area contributed by atoms with E-state index in [0.29, 0.717) is 17.1 Å². The first-order valence-corrected chi connectivity index (χ1v) is 8.38. The SMILES string of the molecule is COc1ccc(C)cc1NC(=O)CC(=O)Nc1ccc(OC(C)C)cc1. The van der Waals surface area contributed by atoms with Crippen molar-refractivity contribution in [2.24, 2.45) is 0 Å². The molecule has 0 aliphatic heterocycles. The maximum absolute atomic E-state index is 12.1. The highest BCUT2D eigenvalue weighted by Gasteiger charge is 2.12. The van der Waals surface area contributed by atoms with Gasteiger partial charge in [0.25, 0.3) is 0 Å². The Bertz CT molecular complexity index is 770. The second-order valence-corrected chi connectivity index (χ2v) is 6.17. The molecule has 0 radical (unpaired) electrons. The van der Waals surface area contributed by atoms with Crippen molar-refractivity contribution in [3.63, 3.8) is 0 Å². The van der Waals surface area contributed by atoms with E-state index in [-0.39, 0.29) is 12.5 Å². The molecule has 0 fully saturated rings. The maximum Gasteiger partial charge on any atom is 0.233 e. The van der Waals surface area contributed by atoms with E-state index in [1.54, 1.807) is 36.4 Å². The van der Waals surface area contributed by atoms with Gasteiger partial charge < -0.3 is 20.1 Å². The van der Waals surface area contributed by atoms with Gasteiger partial charge >= 0.3 is 0 Å². The Balaban J connectivity index is 1.91. The minimum atomic E-state index is -0.411. The highest BCUT2D eigenvalue weighted by Crippen LogP contribution is 2.25. The van der Waals surface area contributed by atoms with Crippen LogP contribution in [0, 0.1) is 6.92 Å². The minimum absolute atomic E-state index is 0.0813. The highest BCUT2D eigenvalue weighted by atomic mass is 16.5. The van der Waals surface area contributed by atoms with Crippen LogP contribution in [0.25, 0.3) is 0 Å². The number of ether oxygens (including phenoxy) is 2. The molecule has 0 spiro atoms. The second-order valence-electron chi connectivity index (χ2n) is 6.17. The summed E-state index contributed by atoms with van der Waals surface area (Å²) in [7, 11) is 1.53. The van der Waals surface area contributed by atoms with Gasteiger partial charge in [-0.25, -0.2) is 0 Å². The lowest BCUT2D eigenvalue weighted by Crippen LogP contribution is -2.21. The second kappa shape index (κ2) is 8.89. The van der Waals surface area contributed by atoms with E-state index in [1.165, 1.54) is 7.11 Å². The summed E-state index contributed by atoms with van der Waals surface area (Å²) in [6.07, 6.45) is -0.209. The minimum Gasteiger partial charge on any atom is -0.495 e. The molecule has 2 aromatic carbocycles. The predicted molar refractivity (Wildman–Crippen MR) is 102 cm³/mol. The number of carbonyl (C=O) groups is 2. The first-order valence-electron chi connectivity index (χ1n) is 8.38. The number of nitrogens with one attached hydrogen (secondary N) is 2. The van der Waals surface area contributed by atoms with Crippen LogP contribution in [0.1, 0.15) is 25.8 Å². The molecule has 138 valence electrons. The van der Waals surface area contributed by atoms with Crippen molar-refractivity contribution < 1.29 is 19.1 Å². The molecule has 6 heteroatoms. The van der Waals surface area contributed by atoms with Crippen molar-refractivity contribution >= 4 is 23.2 Å².